The number of hydrogen-bond acceptors (Lipinski definition) is 0. The average molecular weight is 325 g/mol. The van der Waals surface area contributed by atoms with E-state index in [9.17, 15) is 0 Å². The summed E-state index contributed by atoms with van der Waals surface area (Å²) in [6, 6.07) is 1.29. The molecule has 2 aliphatic carbocycles. The Balaban J connectivity index is 0.000000296. The van der Waals surface area contributed by atoms with E-state index in [2.05, 4.69) is 56.5 Å². The molecule has 0 radical (unpaired) electrons. The summed E-state index contributed by atoms with van der Waals surface area (Å²) >= 11 is 5.44. The van der Waals surface area contributed by atoms with Gasteiger partial charge in [0.2, 0.25) is 0 Å². The Kier molecular flexibility index (Phi) is 15.4. The first-order valence-corrected chi connectivity index (χ1v) is 11.5. The summed E-state index contributed by atoms with van der Waals surface area (Å²) < 4.78 is 0. The first-order valence-electron chi connectivity index (χ1n) is 8.39. The molecule has 0 heterocycles. The van der Waals surface area contributed by atoms with E-state index >= 15 is 0 Å². The molecule has 0 bridgehead atoms. The fraction of sp³-hybridized carbons (Fsp3) is 0.579. The Hall–Kier alpha value is -0.533. The van der Waals surface area contributed by atoms with E-state index in [0.717, 1.165) is 11.8 Å². The fourth-order valence-corrected chi connectivity index (χ4v) is 3.26. The highest BCUT2D eigenvalue weighted by Gasteiger charge is 2.03. The second-order valence-corrected chi connectivity index (χ2v) is 7.82. The molecule has 0 aromatic rings. The van der Waals surface area contributed by atoms with Crippen LogP contribution in [0.4, 0.5) is 0 Å². The minimum Gasteiger partial charge on any atom is -0.176 e. The van der Waals surface area contributed by atoms with Crippen molar-refractivity contribution in [2.24, 2.45) is 11.8 Å². The van der Waals surface area contributed by atoms with Crippen molar-refractivity contribution >= 4 is 19.9 Å². The van der Waals surface area contributed by atoms with Crippen LogP contribution in [0, 0.1) is 11.8 Å². The van der Waals surface area contributed by atoms with Gasteiger partial charge in [0.25, 0.3) is 0 Å². The van der Waals surface area contributed by atoms with Gasteiger partial charge >= 0.3 is 0 Å². The van der Waals surface area contributed by atoms with E-state index in [-0.39, 0.29) is 8.83 Å². The smallest absolute Gasteiger partial charge is 0.125 e. The summed E-state index contributed by atoms with van der Waals surface area (Å²) in [5.41, 5.74) is 0. The third-order valence-electron chi connectivity index (χ3n) is 3.77. The Morgan fingerprint density at radius 1 is 1.00 bits per heavy atom. The molecule has 0 nitrogen and oxygen atoms in total. The molecule has 2 atom stereocenters. The molecule has 21 heavy (non-hydrogen) atoms. The van der Waals surface area contributed by atoms with Crippen LogP contribution in [0.25, 0.3) is 0 Å². The van der Waals surface area contributed by atoms with Crippen molar-refractivity contribution in [1.29, 1.82) is 0 Å². The molecule has 0 aliphatic heterocycles. The van der Waals surface area contributed by atoms with Gasteiger partial charge in [-0.05, 0) is 56.4 Å². The van der Waals surface area contributed by atoms with E-state index in [0.29, 0.717) is 0 Å². The Morgan fingerprint density at radius 2 is 1.48 bits per heavy atom. The maximum atomic E-state index is 5.44. The van der Waals surface area contributed by atoms with Crippen LogP contribution >= 0.6 is 11.1 Å². The van der Waals surface area contributed by atoms with Crippen molar-refractivity contribution in [1.82, 2.24) is 0 Å². The van der Waals surface area contributed by atoms with Crippen molar-refractivity contribution < 1.29 is 0 Å². The summed E-state index contributed by atoms with van der Waals surface area (Å²) in [4.78, 5) is 0. The third-order valence-corrected chi connectivity index (χ3v) is 5.55. The van der Waals surface area contributed by atoms with Gasteiger partial charge in [-0.1, -0.05) is 49.8 Å². The van der Waals surface area contributed by atoms with Crippen molar-refractivity contribution in [3.05, 3.63) is 49.6 Å². The maximum Gasteiger partial charge on any atom is 0.125 e. The first-order chi connectivity index (χ1) is 10.3. The molecule has 2 rings (SSSR count). The third kappa shape index (κ3) is 12.9. The molecule has 0 saturated heterocycles. The molecular formula is C19H33ClSi. The van der Waals surface area contributed by atoms with Gasteiger partial charge in [0.1, 0.15) is 8.83 Å². The minimum atomic E-state index is -0.114. The zero-order chi connectivity index (χ0) is 15.8. The summed E-state index contributed by atoms with van der Waals surface area (Å²) in [6.07, 6.45) is 21.9. The van der Waals surface area contributed by atoms with Crippen LogP contribution in [-0.2, 0) is 0 Å². The van der Waals surface area contributed by atoms with Crippen LogP contribution in [0.5, 0.6) is 0 Å². The Morgan fingerprint density at radius 3 is 1.62 bits per heavy atom. The Bertz CT molecular complexity index is 277. The SMILES string of the molecule is C=CC1CC=CCC1.C=CC1CC=CCC1.CCC[SiH2]Cl. The van der Waals surface area contributed by atoms with Gasteiger partial charge in [0.05, 0.1) is 0 Å². The van der Waals surface area contributed by atoms with E-state index in [1.165, 1.54) is 51.0 Å². The van der Waals surface area contributed by atoms with E-state index < -0.39 is 0 Å². The van der Waals surface area contributed by atoms with Crippen LogP contribution < -0.4 is 0 Å². The standard InChI is InChI=1S/2C8H12.C3H9ClSi/c2*1-2-8-6-4-3-5-7-8;1-2-3-5-4/h2*2-4,8H,1,5-7H2;2-3,5H2,1H3. The molecule has 0 spiro atoms. The van der Waals surface area contributed by atoms with Gasteiger partial charge in [-0.3, -0.25) is 0 Å². The van der Waals surface area contributed by atoms with Gasteiger partial charge in [0, 0.05) is 0 Å². The number of halogens is 1. The number of rotatable bonds is 4. The minimum absolute atomic E-state index is 0.114. The lowest BCUT2D eigenvalue weighted by molar-refractivity contribution is 0.585. The number of hydrogen-bond donors (Lipinski definition) is 0. The van der Waals surface area contributed by atoms with Gasteiger partial charge in [-0.25, -0.2) is 0 Å². The van der Waals surface area contributed by atoms with Crippen molar-refractivity contribution in [2.45, 2.75) is 57.9 Å². The largest absolute Gasteiger partial charge is 0.176 e. The van der Waals surface area contributed by atoms with Crippen molar-refractivity contribution in [3.63, 3.8) is 0 Å². The van der Waals surface area contributed by atoms with E-state index in [1.54, 1.807) is 0 Å². The summed E-state index contributed by atoms with van der Waals surface area (Å²) in [5, 5.41) is 0. The molecule has 0 amide bonds. The van der Waals surface area contributed by atoms with Crippen LogP contribution in [0.2, 0.25) is 6.04 Å². The van der Waals surface area contributed by atoms with Crippen LogP contribution in [0.1, 0.15) is 51.9 Å². The molecule has 0 saturated carbocycles. The molecule has 0 fully saturated rings. The van der Waals surface area contributed by atoms with E-state index in [4.69, 9.17) is 11.1 Å². The van der Waals surface area contributed by atoms with Gasteiger partial charge < -0.3 is 0 Å². The molecule has 0 aromatic heterocycles. The summed E-state index contributed by atoms with van der Waals surface area (Å²) in [6.45, 7) is 9.66. The zero-order valence-electron chi connectivity index (χ0n) is 13.8. The molecular weight excluding hydrogens is 292 g/mol. The highest BCUT2D eigenvalue weighted by Crippen LogP contribution is 2.18. The van der Waals surface area contributed by atoms with Crippen LogP contribution in [0.15, 0.2) is 49.6 Å². The molecule has 0 aromatic carbocycles. The van der Waals surface area contributed by atoms with Gasteiger partial charge in [-0.15, -0.1) is 13.2 Å². The highest BCUT2D eigenvalue weighted by atomic mass is 35.6. The van der Waals surface area contributed by atoms with Crippen molar-refractivity contribution in [3.8, 4) is 0 Å². The Labute approximate surface area is 139 Å². The van der Waals surface area contributed by atoms with Gasteiger partial charge in [0.15, 0.2) is 0 Å². The molecule has 0 N–H and O–H groups in total. The zero-order valence-corrected chi connectivity index (χ0v) is 15.9. The normalized spacial score (nSPS) is 23.7. The average Bonchev–Trinajstić information content (AvgIpc) is 2.58. The quantitative estimate of drug-likeness (QED) is 0.328. The molecule has 2 unspecified atom stereocenters. The summed E-state index contributed by atoms with van der Waals surface area (Å²) in [5.74, 6) is 1.53. The lowest BCUT2D eigenvalue weighted by atomic mass is 9.95. The highest BCUT2D eigenvalue weighted by molar-refractivity contribution is 6.93. The van der Waals surface area contributed by atoms with Crippen LogP contribution in [-0.4, -0.2) is 8.83 Å². The predicted molar refractivity (Wildman–Crippen MR) is 103 cm³/mol. The van der Waals surface area contributed by atoms with Crippen LogP contribution in [0.3, 0.4) is 0 Å². The first kappa shape index (κ1) is 20.5. The predicted octanol–water partition coefficient (Wildman–Crippen LogP) is 6.19. The monoisotopic (exact) mass is 324 g/mol. The second-order valence-electron chi connectivity index (χ2n) is 5.60. The topological polar surface area (TPSA) is 0 Å². The molecule has 2 heteroatoms. The number of allylic oxidation sites excluding steroid dienone is 6. The van der Waals surface area contributed by atoms with Gasteiger partial charge in [-0.2, -0.15) is 11.1 Å². The fourth-order valence-electron chi connectivity index (χ4n) is 2.20. The lowest BCUT2D eigenvalue weighted by Crippen LogP contribution is -1.96. The second kappa shape index (κ2) is 15.8. The maximum absolute atomic E-state index is 5.44. The molecule has 2 aliphatic rings. The van der Waals surface area contributed by atoms with Crippen molar-refractivity contribution in [2.75, 3.05) is 0 Å². The summed E-state index contributed by atoms with van der Waals surface area (Å²) in [7, 11) is -0.114. The lowest BCUT2D eigenvalue weighted by Gasteiger charge is -2.11. The molecule has 120 valence electrons. The van der Waals surface area contributed by atoms with E-state index in [1.807, 2.05) is 0 Å².